The van der Waals surface area contributed by atoms with E-state index < -0.39 is 0 Å². The molecule has 0 unspecified atom stereocenters. The summed E-state index contributed by atoms with van der Waals surface area (Å²) in [4.78, 5) is 3.73. The van der Waals surface area contributed by atoms with Crippen LogP contribution in [0.4, 0.5) is 0 Å². The van der Waals surface area contributed by atoms with Crippen LogP contribution in [-0.4, -0.2) is 23.0 Å². The smallest absolute Gasteiger partial charge is 0.165 e. The minimum Gasteiger partial charge on any atom is -0.304 e. The van der Waals surface area contributed by atoms with E-state index in [1.807, 2.05) is 0 Å². The Morgan fingerprint density at radius 3 is 1.64 bits per heavy atom. The van der Waals surface area contributed by atoms with E-state index in [0.717, 1.165) is 0 Å². The molecule has 0 aromatic rings. The van der Waals surface area contributed by atoms with E-state index in [1.54, 1.807) is 13.8 Å². The highest BCUT2D eigenvalue weighted by molar-refractivity contribution is 6.47. The Morgan fingerprint density at radius 2 is 1.36 bits per heavy atom. The Morgan fingerprint density at radius 1 is 0.909 bits per heavy atom. The van der Waals surface area contributed by atoms with Crippen molar-refractivity contribution in [2.24, 2.45) is 4.99 Å². The summed E-state index contributed by atoms with van der Waals surface area (Å²) in [5, 5.41) is 21.3. The second kappa shape index (κ2) is 3.75. The van der Waals surface area contributed by atoms with Crippen molar-refractivity contribution in [1.82, 2.24) is 0 Å². The zero-order valence-electron chi connectivity index (χ0n) is 6.95. The topological polar surface area (TPSA) is 83.9 Å². The molecule has 4 nitrogen and oxygen atoms in total. The SMILES string of the molecule is CC(=N)C(=N)/N=C(\C)C(C)=N. The Bertz CT molecular complexity index is 237. The number of rotatable bonds is 2. The summed E-state index contributed by atoms with van der Waals surface area (Å²) in [6.07, 6.45) is 0. The Balaban J connectivity index is 4.44. The number of nitrogens with one attached hydrogen (secondary N) is 3. The summed E-state index contributed by atoms with van der Waals surface area (Å²) in [5.74, 6) is -0.0749. The first-order chi connectivity index (χ1) is 4.95. The summed E-state index contributed by atoms with van der Waals surface area (Å²) >= 11 is 0. The van der Waals surface area contributed by atoms with Gasteiger partial charge in [0.2, 0.25) is 0 Å². The maximum Gasteiger partial charge on any atom is 0.165 e. The monoisotopic (exact) mass is 152 g/mol. The van der Waals surface area contributed by atoms with Gasteiger partial charge in [-0.3, -0.25) is 5.41 Å². The standard InChI is InChI=1S/C7H12N4/c1-4(8)6(3)11-7(10)5(2)9/h8-10H,1-3H3/b8-4?,9-5?,10-7?,11-6+. The molecule has 11 heavy (non-hydrogen) atoms. The van der Waals surface area contributed by atoms with Crippen LogP contribution in [0.1, 0.15) is 20.8 Å². The molecule has 0 aliphatic heterocycles. The summed E-state index contributed by atoms with van der Waals surface area (Å²) < 4.78 is 0. The molecule has 0 bridgehead atoms. The highest BCUT2D eigenvalue weighted by atomic mass is 14.9. The molecule has 3 N–H and O–H groups in total. The van der Waals surface area contributed by atoms with E-state index in [0.29, 0.717) is 11.4 Å². The van der Waals surface area contributed by atoms with Gasteiger partial charge in [0.05, 0.1) is 11.4 Å². The van der Waals surface area contributed by atoms with Crippen LogP contribution in [0.15, 0.2) is 4.99 Å². The minimum absolute atomic E-state index is 0.0749. The Labute approximate surface area is 65.9 Å². The lowest BCUT2D eigenvalue weighted by molar-refractivity contribution is 1.41. The number of amidine groups is 1. The second-order valence-electron chi connectivity index (χ2n) is 2.30. The van der Waals surface area contributed by atoms with E-state index in [4.69, 9.17) is 16.2 Å². The van der Waals surface area contributed by atoms with Crippen molar-refractivity contribution in [2.45, 2.75) is 20.8 Å². The maximum atomic E-state index is 7.16. The van der Waals surface area contributed by atoms with Crippen LogP contribution in [0.3, 0.4) is 0 Å². The van der Waals surface area contributed by atoms with Crippen molar-refractivity contribution in [3.63, 3.8) is 0 Å². The lowest BCUT2D eigenvalue weighted by atomic mass is 10.3. The van der Waals surface area contributed by atoms with Crippen molar-refractivity contribution in [3.8, 4) is 0 Å². The first-order valence-corrected chi connectivity index (χ1v) is 3.20. The zero-order valence-corrected chi connectivity index (χ0v) is 6.95. The average molecular weight is 152 g/mol. The van der Waals surface area contributed by atoms with Crippen molar-refractivity contribution < 1.29 is 0 Å². The molecule has 4 heteroatoms. The molecule has 0 saturated heterocycles. The number of aliphatic imine (C=N–C) groups is 1. The lowest BCUT2D eigenvalue weighted by Crippen LogP contribution is -2.11. The zero-order chi connectivity index (χ0) is 9.02. The Hall–Kier alpha value is -1.32. The van der Waals surface area contributed by atoms with Crippen LogP contribution >= 0.6 is 0 Å². The van der Waals surface area contributed by atoms with Gasteiger partial charge in [-0.05, 0) is 20.8 Å². The first-order valence-electron chi connectivity index (χ1n) is 3.20. The van der Waals surface area contributed by atoms with E-state index in [1.165, 1.54) is 6.92 Å². The van der Waals surface area contributed by atoms with Gasteiger partial charge in [-0.15, -0.1) is 0 Å². The van der Waals surface area contributed by atoms with Crippen molar-refractivity contribution in [1.29, 1.82) is 16.2 Å². The van der Waals surface area contributed by atoms with Gasteiger partial charge in [0, 0.05) is 5.71 Å². The van der Waals surface area contributed by atoms with E-state index in [2.05, 4.69) is 4.99 Å². The third-order valence-corrected chi connectivity index (χ3v) is 1.18. The molecule has 0 rings (SSSR count). The fourth-order valence-electron chi connectivity index (χ4n) is 0.335. The van der Waals surface area contributed by atoms with Gasteiger partial charge in [-0.1, -0.05) is 0 Å². The third-order valence-electron chi connectivity index (χ3n) is 1.18. The summed E-state index contributed by atoms with van der Waals surface area (Å²) in [6, 6.07) is 0. The van der Waals surface area contributed by atoms with Crippen LogP contribution in [0, 0.1) is 16.2 Å². The van der Waals surface area contributed by atoms with Crippen molar-refractivity contribution in [2.75, 3.05) is 0 Å². The summed E-state index contributed by atoms with van der Waals surface area (Å²) in [5.41, 5.74) is 0.934. The molecular formula is C7H12N4. The molecule has 0 saturated carbocycles. The van der Waals surface area contributed by atoms with E-state index >= 15 is 0 Å². The summed E-state index contributed by atoms with van der Waals surface area (Å²) in [6.45, 7) is 4.75. The van der Waals surface area contributed by atoms with Crippen molar-refractivity contribution >= 4 is 23.0 Å². The van der Waals surface area contributed by atoms with Crippen LogP contribution in [0.25, 0.3) is 0 Å². The molecule has 0 radical (unpaired) electrons. The maximum absolute atomic E-state index is 7.16. The third kappa shape index (κ3) is 3.40. The average Bonchev–Trinajstić information content (AvgIpc) is 1.87. The normalized spacial score (nSPS) is 11.0. The molecule has 0 fully saturated rings. The molecule has 0 aliphatic rings. The molecule has 0 heterocycles. The van der Waals surface area contributed by atoms with Crippen LogP contribution in [0.5, 0.6) is 0 Å². The second-order valence-corrected chi connectivity index (χ2v) is 2.30. The van der Waals surface area contributed by atoms with Gasteiger partial charge in [0.25, 0.3) is 0 Å². The van der Waals surface area contributed by atoms with Crippen LogP contribution in [-0.2, 0) is 0 Å². The molecular weight excluding hydrogens is 140 g/mol. The van der Waals surface area contributed by atoms with E-state index in [-0.39, 0.29) is 11.5 Å². The highest BCUT2D eigenvalue weighted by Gasteiger charge is 1.98. The number of nitrogens with zero attached hydrogens (tertiary/aromatic N) is 1. The predicted molar refractivity (Wildman–Crippen MR) is 47.6 cm³/mol. The molecule has 0 aliphatic carbocycles. The lowest BCUT2D eigenvalue weighted by Gasteiger charge is -1.96. The van der Waals surface area contributed by atoms with Crippen LogP contribution < -0.4 is 0 Å². The molecule has 60 valence electrons. The van der Waals surface area contributed by atoms with Gasteiger partial charge >= 0.3 is 0 Å². The van der Waals surface area contributed by atoms with Gasteiger partial charge in [0.1, 0.15) is 0 Å². The molecule has 0 spiro atoms. The quantitative estimate of drug-likeness (QED) is 0.396. The number of hydrogen-bond acceptors (Lipinski definition) is 3. The molecule has 0 aromatic carbocycles. The molecule has 0 aromatic heterocycles. The van der Waals surface area contributed by atoms with Gasteiger partial charge in [-0.2, -0.15) is 0 Å². The Kier molecular flexibility index (Phi) is 3.30. The highest BCUT2D eigenvalue weighted by Crippen LogP contribution is 1.85. The number of hydrogen-bond donors (Lipinski definition) is 3. The molecule has 0 amide bonds. The summed E-state index contributed by atoms with van der Waals surface area (Å²) in [7, 11) is 0. The fraction of sp³-hybridized carbons (Fsp3) is 0.429. The van der Waals surface area contributed by atoms with Crippen LogP contribution in [0.2, 0.25) is 0 Å². The van der Waals surface area contributed by atoms with Gasteiger partial charge in [-0.25, -0.2) is 4.99 Å². The van der Waals surface area contributed by atoms with Crippen molar-refractivity contribution in [3.05, 3.63) is 0 Å². The van der Waals surface area contributed by atoms with E-state index in [9.17, 15) is 0 Å². The minimum atomic E-state index is -0.0749. The van der Waals surface area contributed by atoms with Gasteiger partial charge in [0.15, 0.2) is 5.84 Å². The molecule has 0 atom stereocenters. The largest absolute Gasteiger partial charge is 0.304 e. The predicted octanol–water partition coefficient (Wildman–Crippen LogP) is 1.50. The van der Waals surface area contributed by atoms with Gasteiger partial charge < -0.3 is 10.8 Å². The first kappa shape index (κ1) is 9.68. The fourth-order valence-corrected chi connectivity index (χ4v) is 0.335.